The summed E-state index contributed by atoms with van der Waals surface area (Å²) in [5.41, 5.74) is 3.62. The van der Waals surface area contributed by atoms with Gasteiger partial charge < -0.3 is 14.9 Å². The number of benzene rings is 2. The number of hydrogen-bond acceptors (Lipinski definition) is 4. The first-order valence-corrected chi connectivity index (χ1v) is 12.0. The summed E-state index contributed by atoms with van der Waals surface area (Å²) >= 11 is 0. The molecule has 0 amide bonds. The third-order valence-corrected chi connectivity index (χ3v) is 6.52. The minimum absolute atomic E-state index is 0.0807. The van der Waals surface area contributed by atoms with Gasteiger partial charge in [-0.25, -0.2) is 4.39 Å². The van der Waals surface area contributed by atoms with E-state index in [1.807, 2.05) is 43.3 Å². The Morgan fingerprint density at radius 2 is 2.06 bits per heavy atom. The topological polar surface area (TPSA) is 70.0 Å². The highest BCUT2D eigenvalue weighted by molar-refractivity contribution is 5.67. The number of rotatable bonds is 12. The minimum atomic E-state index is -0.817. The average molecular weight is 458 g/mol. The zero-order valence-electron chi connectivity index (χ0n) is 19.7. The fourth-order valence-electron chi connectivity index (χ4n) is 4.70. The lowest BCUT2D eigenvalue weighted by Gasteiger charge is -2.28. The van der Waals surface area contributed by atoms with Gasteiger partial charge in [-0.2, -0.15) is 0 Å². The molecule has 3 atom stereocenters. The monoisotopic (exact) mass is 457 g/mol. The van der Waals surface area contributed by atoms with Gasteiger partial charge in [0, 0.05) is 19.0 Å². The predicted octanol–water partition coefficient (Wildman–Crippen LogP) is 4.69. The number of carboxylic acid groups (broad SMARTS) is 1. The molecular formula is C27H36FNO4. The molecule has 0 saturated carbocycles. The third kappa shape index (κ3) is 7.36. The smallest absolute Gasteiger partial charge is 0.303 e. The van der Waals surface area contributed by atoms with Crippen LogP contribution >= 0.6 is 0 Å². The largest absolute Gasteiger partial charge is 0.481 e. The molecule has 1 aliphatic rings. The van der Waals surface area contributed by atoms with Crippen molar-refractivity contribution in [1.29, 1.82) is 0 Å². The summed E-state index contributed by atoms with van der Waals surface area (Å²) in [7, 11) is 0. The van der Waals surface area contributed by atoms with E-state index >= 15 is 0 Å². The maximum Gasteiger partial charge on any atom is 0.303 e. The Morgan fingerprint density at radius 1 is 1.27 bits per heavy atom. The van der Waals surface area contributed by atoms with Crippen molar-refractivity contribution < 1.29 is 24.1 Å². The molecule has 1 unspecified atom stereocenters. The van der Waals surface area contributed by atoms with Crippen molar-refractivity contribution >= 4 is 5.97 Å². The molecule has 2 aromatic rings. The van der Waals surface area contributed by atoms with E-state index in [0.29, 0.717) is 24.6 Å². The Labute approximate surface area is 196 Å². The number of aliphatic hydroxyl groups is 1. The standard InChI is InChI=1S/C27H36FNO4/c1-3-26(24-9-5-4-7-21(24)12-13-27(31)32)33-18-23(30)17-29-14-6-8-22(29)15-20-11-10-19(2)25(28)16-20/h4-5,7,9-11,16,22-23,26,30H,3,6,8,12-15,17-18H2,1-2H3,(H,31,32)/t22-,23+,26?/m0/s1. The normalized spacial score (nSPS) is 18.4. The molecule has 5 nitrogen and oxygen atoms in total. The third-order valence-electron chi connectivity index (χ3n) is 6.52. The van der Waals surface area contributed by atoms with Crippen molar-refractivity contribution in [3.05, 3.63) is 70.5 Å². The minimum Gasteiger partial charge on any atom is -0.481 e. The van der Waals surface area contributed by atoms with Gasteiger partial charge in [0.25, 0.3) is 0 Å². The van der Waals surface area contributed by atoms with Gasteiger partial charge >= 0.3 is 5.97 Å². The highest BCUT2D eigenvalue weighted by Crippen LogP contribution is 2.27. The van der Waals surface area contributed by atoms with Crippen LogP contribution in [0.2, 0.25) is 0 Å². The van der Waals surface area contributed by atoms with Gasteiger partial charge in [-0.15, -0.1) is 0 Å². The predicted molar refractivity (Wildman–Crippen MR) is 127 cm³/mol. The first kappa shape index (κ1) is 25.3. The number of ether oxygens (including phenoxy) is 1. The van der Waals surface area contributed by atoms with Crippen LogP contribution in [0.15, 0.2) is 42.5 Å². The van der Waals surface area contributed by atoms with E-state index in [0.717, 1.165) is 48.9 Å². The molecule has 6 heteroatoms. The second-order valence-electron chi connectivity index (χ2n) is 9.06. The number of nitrogens with zero attached hydrogens (tertiary/aromatic N) is 1. The highest BCUT2D eigenvalue weighted by Gasteiger charge is 2.27. The van der Waals surface area contributed by atoms with Gasteiger partial charge in [-0.1, -0.05) is 43.3 Å². The number of carboxylic acids is 1. The number of aliphatic hydroxyl groups excluding tert-OH is 1. The quantitative estimate of drug-likeness (QED) is 0.484. The molecule has 0 radical (unpaired) electrons. The Morgan fingerprint density at radius 3 is 2.79 bits per heavy atom. The Kier molecular flexibility index (Phi) is 9.41. The van der Waals surface area contributed by atoms with E-state index in [9.17, 15) is 14.3 Å². The van der Waals surface area contributed by atoms with Gasteiger partial charge in [0.1, 0.15) is 5.82 Å². The molecule has 2 N–H and O–H groups in total. The van der Waals surface area contributed by atoms with E-state index in [4.69, 9.17) is 9.84 Å². The summed E-state index contributed by atoms with van der Waals surface area (Å²) in [6.45, 7) is 5.46. The van der Waals surface area contributed by atoms with E-state index in [-0.39, 0.29) is 24.9 Å². The van der Waals surface area contributed by atoms with Crippen LogP contribution in [0, 0.1) is 12.7 Å². The fourth-order valence-corrected chi connectivity index (χ4v) is 4.70. The van der Waals surface area contributed by atoms with Crippen LogP contribution in [0.4, 0.5) is 4.39 Å². The molecule has 0 aromatic heterocycles. The van der Waals surface area contributed by atoms with Crippen molar-refractivity contribution in [1.82, 2.24) is 4.90 Å². The van der Waals surface area contributed by atoms with Crippen molar-refractivity contribution in [2.75, 3.05) is 19.7 Å². The number of aryl methyl sites for hydroxylation is 2. The summed E-state index contributed by atoms with van der Waals surface area (Å²) in [5.74, 6) is -0.984. The lowest BCUT2D eigenvalue weighted by molar-refractivity contribution is -0.136. The summed E-state index contributed by atoms with van der Waals surface area (Å²) < 4.78 is 20.0. The SMILES string of the molecule is CCC(OC[C@H](O)CN1CCC[C@H]1Cc1ccc(C)c(F)c1)c1ccccc1CCC(=O)O. The molecule has 1 aliphatic heterocycles. The van der Waals surface area contributed by atoms with Crippen molar-refractivity contribution in [3.63, 3.8) is 0 Å². The first-order valence-electron chi connectivity index (χ1n) is 12.0. The van der Waals surface area contributed by atoms with E-state index < -0.39 is 12.1 Å². The zero-order chi connectivity index (χ0) is 23.8. The molecule has 180 valence electrons. The Bertz CT molecular complexity index is 919. The molecule has 0 spiro atoms. The molecule has 3 rings (SSSR count). The number of halogens is 1. The van der Waals surface area contributed by atoms with Crippen LogP contribution < -0.4 is 0 Å². The van der Waals surface area contributed by atoms with Crippen molar-refractivity contribution in [2.24, 2.45) is 0 Å². The average Bonchev–Trinajstić information content (AvgIpc) is 3.22. The molecule has 1 saturated heterocycles. The zero-order valence-corrected chi connectivity index (χ0v) is 19.7. The van der Waals surface area contributed by atoms with Crippen LogP contribution in [0.25, 0.3) is 0 Å². The number of β-amino-alcohol motifs (C(OH)–C–C–N with tert-alkyl or cyclic N) is 1. The van der Waals surface area contributed by atoms with Gasteiger partial charge in [-0.3, -0.25) is 9.69 Å². The Hall–Kier alpha value is -2.28. The summed E-state index contributed by atoms with van der Waals surface area (Å²) in [6.07, 6.45) is 3.36. The molecule has 2 aromatic carbocycles. The van der Waals surface area contributed by atoms with E-state index in [2.05, 4.69) is 4.90 Å². The second kappa shape index (κ2) is 12.3. The molecule has 0 bridgehead atoms. The van der Waals surface area contributed by atoms with Crippen LogP contribution in [-0.4, -0.2) is 52.9 Å². The lowest BCUT2D eigenvalue weighted by atomic mass is 9.97. The van der Waals surface area contributed by atoms with E-state index in [1.54, 1.807) is 13.0 Å². The summed E-state index contributed by atoms with van der Waals surface area (Å²) in [5, 5.41) is 19.7. The second-order valence-corrected chi connectivity index (χ2v) is 9.06. The maximum atomic E-state index is 13.9. The van der Waals surface area contributed by atoms with Crippen LogP contribution in [0.1, 0.15) is 61.0 Å². The highest BCUT2D eigenvalue weighted by atomic mass is 19.1. The van der Waals surface area contributed by atoms with Gasteiger partial charge in [-0.05, 0) is 73.9 Å². The molecule has 1 fully saturated rings. The molecular weight excluding hydrogens is 421 g/mol. The van der Waals surface area contributed by atoms with Crippen LogP contribution in [0.5, 0.6) is 0 Å². The summed E-state index contributed by atoms with van der Waals surface area (Å²) in [4.78, 5) is 13.3. The summed E-state index contributed by atoms with van der Waals surface area (Å²) in [6, 6.07) is 13.5. The van der Waals surface area contributed by atoms with Crippen LogP contribution in [-0.2, 0) is 22.4 Å². The maximum absolute atomic E-state index is 13.9. The number of likely N-dealkylation sites (tertiary alicyclic amines) is 1. The first-order chi connectivity index (χ1) is 15.9. The fraction of sp³-hybridized carbons (Fsp3) is 0.519. The number of aliphatic carboxylic acids is 1. The van der Waals surface area contributed by atoms with E-state index in [1.165, 1.54) is 0 Å². The number of hydrogen-bond donors (Lipinski definition) is 2. The molecule has 1 heterocycles. The van der Waals surface area contributed by atoms with Crippen LogP contribution in [0.3, 0.4) is 0 Å². The van der Waals surface area contributed by atoms with Gasteiger partial charge in [0.15, 0.2) is 0 Å². The Balaban J connectivity index is 1.54. The van der Waals surface area contributed by atoms with Gasteiger partial charge in [0.05, 0.1) is 18.8 Å². The molecule has 0 aliphatic carbocycles. The van der Waals surface area contributed by atoms with Crippen molar-refractivity contribution in [3.8, 4) is 0 Å². The molecule has 33 heavy (non-hydrogen) atoms. The number of carbonyl (C=O) groups is 1. The van der Waals surface area contributed by atoms with Gasteiger partial charge in [0.2, 0.25) is 0 Å². The van der Waals surface area contributed by atoms with Crippen molar-refractivity contribution in [2.45, 2.75) is 70.6 Å². The lowest BCUT2D eigenvalue weighted by Crippen LogP contribution is -2.39.